The molecular formula is C20H27Cl2N3O2. The molecule has 1 aliphatic heterocycles. The fraction of sp³-hybridized carbons (Fsp3) is 0.600. The zero-order valence-corrected chi connectivity index (χ0v) is 16.8. The minimum atomic E-state index is -0.283. The van der Waals surface area contributed by atoms with Crippen LogP contribution in [-0.4, -0.2) is 30.4 Å². The van der Waals surface area contributed by atoms with E-state index in [0.717, 1.165) is 31.4 Å². The van der Waals surface area contributed by atoms with Crippen LogP contribution in [0, 0.1) is 17.8 Å². The molecule has 1 saturated heterocycles. The number of hydrogen-bond donors (Lipinski definition) is 2. The molecule has 3 N–H and O–H groups in total. The van der Waals surface area contributed by atoms with Crippen molar-refractivity contribution in [3.8, 4) is 0 Å². The fourth-order valence-electron chi connectivity index (χ4n) is 5.06. The van der Waals surface area contributed by atoms with Crippen LogP contribution in [-0.2, 0) is 9.59 Å². The van der Waals surface area contributed by atoms with Crippen molar-refractivity contribution in [3.63, 3.8) is 0 Å². The van der Waals surface area contributed by atoms with Crippen LogP contribution in [0.25, 0.3) is 0 Å². The van der Waals surface area contributed by atoms with Crippen molar-refractivity contribution in [2.75, 3.05) is 11.4 Å². The molecule has 3 atom stereocenters. The number of nitrogens with one attached hydrogen (secondary N) is 1. The van der Waals surface area contributed by atoms with Crippen LogP contribution in [0.15, 0.2) is 24.3 Å². The predicted molar refractivity (Wildman–Crippen MR) is 109 cm³/mol. The van der Waals surface area contributed by atoms with Crippen molar-refractivity contribution in [3.05, 3.63) is 29.3 Å². The van der Waals surface area contributed by atoms with Crippen LogP contribution in [0.5, 0.6) is 0 Å². The highest BCUT2D eigenvalue weighted by molar-refractivity contribution is 6.30. The number of nitrogens with zero attached hydrogens (tertiary/aromatic N) is 1. The first-order valence-corrected chi connectivity index (χ1v) is 10.0. The summed E-state index contributed by atoms with van der Waals surface area (Å²) in [5, 5.41) is 3.93. The number of amides is 2. The average molecular weight is 412 g/mol. The molecule has 27 heavy (non-hydrogen) atoms. The van der Waals surface area contributed by atoms with E-state index in [9.17, 15) is 9.59 Å². The summed E-state index contributed by atoms with van der Waals surface area (Å²) in [7, 11) is 0. The standard InChI is InChI=1S/C20H26ClN3O2.ClH/c21-15-4-6-17(7-5-15)24-11-14(10-18(24)25)20(26)23-19-12-2-1-3-13(19)9-16(22)8-12;/h4-7,12-14,16,19H,1-3,8-11,22H2,(H,23,26);1H. The van der Waals surface area contributed by atoms with Gasteiger partial charge in [-0.05, 0) is 61.8 Å². The van der Waals surface area contributed by atoms with E-state index >= 15 is 0 Å². The molecule has 2 aliphatic carbocycles. The molecule has 1 aromatic rings. The Morgan fingerprint density at radius 3 is 2.41 bits per heavy atom. The average Bonchev–Trinajstić information content (AvgIpc) is 2.98. The van der Waals surface area contributed by atoms with Crippen molar-refractivity contribution in [2.45, 2.75) is 50.6 Å². The van der Waals surface area contributed by atoms with Gasteiger partial charge in [-0.2, -0.15) is 0 Å². The third-order valence-corrected chi connectivity index (χ3v) is 6.57. The van der Waals surface area contributed by atoms with Crippen molar-refractivity contribution < 1.29 is 9.59 Å². The molecule has 0 spiro atoms. The Hall–Kier alpha value is -1.30. The van der Waals surface area contributed by atoms with Gasteiger partial charge in [0, 0.05) is 35.8 Å². The number of carbonyl (C=O) groups excluding carboxylic acids is 2. The topological polar surface area (TPSA) is 75.4 Å². The molecule has 7 heteroatoms. The molecule has 148 valence electrons. The molecule has 1 aromatic carbocycles. The first-order valence-electron chi connectivity index (χ1n) is 9.63. The van der Waals surface area contributed by atoms with E-state index in [1.807, 2.05) is 12.1 Å². The van der Waals surface area contributed by atoms with E-state index in [4.69, 9.17) is 17.3 Å². The summed E-state index contributed by atoms with van der Waals surface area (Å²) in [6.45, 7) is 0.438. The highest BCUT2D eigenvalue weighted by Crippen LogP contribution is 2.40. The molecule has 0 aromatic heterocycles. The number of carbonyl (C=O) groups is 2. The zero-order valence-electron chi connectivity index (χ0n) is 15.3. The quantitative estimate of drug-likeness (QED) is 0.801. The van der Waals surface area contributed by atoms with Gasteiger partial charge >= 0.3 is 0 Å². The van der Waals surface area contributed by atoms with E-state index in [-0.39, 0.29) is 48.6 Å². The number of nitrogens with two attached hydrogens (primary N) is 1. The van der Waals surface area contributed by atoms with Gasteiger partial charge in [0.15, 0.2) is 0 Å². The van der Waals surface area contributed by atoms with Gasteiger partial charge in [-0.15, -0.1) is 12.4 Å². The molecule has 1 heterocycles. The van der Waals surface area contributed by atoms with Crippen LogP contribution >= 0.6 is 24.0 Å². The molecule has 2 saturated carbocycles. The Morgan fingerprint density at radius 2 is 1.78 bits per heavy atom. The summed E-state index contributed by atoms with van der Waals surface area (Å²) < 4.78 is 0. The van der Waals surface area contributed by atoms with Crippen molar-refractivity contribution in [1.29, 1.82) is 0 Å². The Labute approximate surface area is 171 Å². The van der Waals surface area contributed by atoms with E-state index < -0.39 is 0 Å². The Bertz CT molecular complexity index is 683. The number of anilines is 1. The largest absolute Gasteiger partial charge is 0.353 e. The van der Waals surface area contributed by atoms with Crippen molar-refractivity contribution in [2.24, 2.45) is 23.5 Å². The summed E-state index contributed by atoms with van der Waals surface area (Å²) in [5.74, 6) is 0.719. The maximum absolute atomic E-state index is 12.9. The van der Waals surface area contributed by atoms with Crippen LogP contribution in [0.4, 0.5) is 5.69 Å². The van der Waals surface area contributed by atoms with Crippen molar-refractivity contribution >= 4 is 41.5 Å². The van der Waals surface area contributed by atoms with Gasteiger partial charge in [0.2, 0.25) is 11.8 Å². The lowest BCUT2D eigenvalue weighted by atomic mass is 9.67. The van der Waals surface area contributed by atoms with Gasteiger partial charge in [0.1, 0.15) is 0 Å². The summed E-state index contributed by atoms with van der Waals surface area (Å²) in [6.07, 6.45) is 5.81. The fourth-order valence-corrected chi connectivity index (χ4v) is 5.19. The van der Waals surface area contributed by atoms with Gasteiger partial charge in [0.05, 0.1) is 5.92 Å². The molecule has 3 fully saturated rings. The second kappa shape index (κ2) is 8.38. The Balaban J connectivity index is 0.00000210. The van der Waals surface area contributed by atoms with Gasteiger partial charge in [-0.1, -0.05) is 18.0 Å². The number of halogens is 2. The summed E-state index contributed by atoms with van der Waals surface area (Å²) >= 11 is 5.92. The maximum Gasteiger partial charge on any atom is 0.227 e. The Kier molecular flexibility index (Phi) is 6.34. The molecular weight excluding hydrogens is 385 g/mol. The number of fused-ring (bicyclic) bond motifs is 2. The third kappa shape index (κ3) is 4.25. The summed E-state index contributed by atoms with van der Waals surface area (Å²) in [6, 6.07) is 7.69. The third-order valence-electron chi connectivity index (χ3n) is 6.32. The monoisotopic (exact) mass is 411 g/mol. The van der Waals surface area contributed by atoms with Crippen LogP contribution in [0.1, 0.15) is 38.5 Å². The molecule has 2 amide bonds. The number of hydrogen-bond acceptors (Lipinski definition) is 3. The molecule has 2 bridgehead atoms. The molecule has 5 nitrogen and oxygen atoms in total. The first kappa shape index (κ1) is 20.4. The van der Waals surface area contributed by atoms with Gasteiger partial charge in [-0.25, -0.2) is 0 Å². The lowest BCUT2D eigenvalue weighted by molar-refractivity contribution is -0.128. The normalized spacial score (nSPS) is 32.7. The lowest BCUT2D eigenvalue weighted by Crippen LogP contribution is -2.54. The molecule has 0 radical (unpaired) electrons. The highest BCUT2D eigenvalue weighted by Gasteiger charge is 2.42. The molecule has 4 rings (SSSR count). The van der Waals surface area contributed by atoms with Crippen LogP contribution in [0.2, 0.25) is 5.02 Å². The van der Waals surface area contributed by atoms with Crippen LogP contribution in [0.3, 0.4) is 0 Å². The zero-order chi connectivity index (χ0) is 18.3. The van der Waals surface area contributed by atoms with Gasteiger partial charge in [0.25, 0.3) is 0 Å². The Morgan fingerprint density at radius 1 is 1.15 bits per heavy atom. The molecule has 3 aliphatic rings. The highest BCUT2D eigenvalue weighted by atomic mass is 35.5. The van der Waals surface area contributed by atoms with E-state index in [1.165, 1.54) is 6.42 Å². The minimum absolute atomic E-state index is 0. The minimum Gasteiger partial charge on any atom is -0.353 e. The SMILES string of the molecule is Cl.NC1CC2CCCC(C1)C2NC(=O)C1CC(=O)N(c2ccc(Cl)cc2)C1. The van der Waals surface area contributed by atoms with Crippen LogP contribution < -0.4 is 16.0 Å². The predicted octanol–water partition coefficient (Wildman–Crippen LogP) is 3.14. The second-order valence-electron chi connectivity index (χ2n) is 8.10. The maximum atomic E-state index is 12.9. The van der Waals surface area contributed by atoms with E-state index in [2.05, 4.69) is 5.32 Å². The number of benzene rings is 1. The van der Waals surface area contributed by atoms with Gasteiger partial charge < -0.3 is 16.0 Å². The lowest BCUT2D eigenvalue weighted by Gasteiger charge is -2.45. The summed E-state index contributed by atoms with van der Waals surface area (Å²) in [5.41, 5.74) is 6.98. The van der Waals surface area contributed by atoms with E-state index in [1.54, 1.807) is 17.0 Å². The second-order valence-corrected chi connectivity index (χ2v) is 8.54. The number of rotatable bonds is 3. The van der Waals surface area contributed by atoms with Crippen molar-refractivity contribution in [1.82, 2.24) is 5.32 Å². The summed E-state index contributed by atoms with van der Waals surface area (Å²) in [4.78, 5) is 27.0. The molecule has 3 unspecified atom stereocenters. The van der Waals surface area contributed by atoms with E-state index in [0.29, 0.717) is 23.4 Å². The smallest absolute Gasteiger partial charge is 0.227 e. The van der Waals surface area contributed by atoms with Gasteiger partial charge in [-0.3, -0.25) is 9.59 Å². The first-order chi connectivity index (χ1) is 12.5.